The van der Waals surface area contributed by atoms with Crippen LogP contribution in [-0.2, 0) is 19.5 Å². The Bertz CT molecular complexity index is 2880. The minimum absolute atomic E-state index is 0.115. The Labute approximate surface area is 403 Å². The predicted molar refractivity (Wildman–Crippen MR) is 264 cm³/mol. The molecule has 0 bridgehead atoms. The fraction of sp³-hybridized carbons (Fsp3) is 0.500. The van der Waals surface area contributed by atoms with Crippen molar-refractivity contribution in [3.05, 3.63) is 106 Å². The van der Waals surface area contributed by atoms with E-state index < -0.39 is 37.5 Å². The number of anilines is 4. The molecule has 2 aromatic heterocycles. The number of piperidine rings is 1. The van der Waals surface area contributed by atoms with Gasteiger partial charge >= 0.3 is 0 Å². The van der Waals surface area contributed by atoms with Crippen molar-refractivity contribution in [3.8, 4) is 5.88 Å². The van der Waals surface area contributed by atoms with Crippen molar-refractivity contribution in [3.63, 3.8) is 0 Å². The Balaban J connectivity index is 0.855. The quantitative estimate of drug-likeness (QED) is 0.0797. The average Bonchev–Trinajstić information content (AvgIpc) is 4.13. The monoisotopic (exact) mass is 958 g/mol. The largest absolute Gasteiger partial charge is 0.468 e. The number of amides is 1. The molecule has 3 N–H and O–H groups in total. The van der Waals surface area contributed by atoms with Gasteiger partial charge < -0.3 is 34.3 Å². The van der Waals surface area contributed by atoms with Gasteiger partial charge in [-0.1, -0.05) is 24.3 Å². The number of rotatable bonds is 12. The molecule has 5 fully saturated rings. The fourth-order valence-corrected chi connectivity index (χ4v) is 13.3. The van der Waals surface area contributed by atoms with E-state index in [1.807, 2.05) is 35.4 Å². The molecule has 16 nitrogen and oxygen atoms in total. The summed E-state index contributed by atoms with van der Waals surface area (Å²) in [5, 5.41) is 16.4. The van der Waals surface area contributed by atoms with Gasteiger partial charge in [-0.3, -0.25) is 19.8 Å². The number of pyridine rings is 1. The zero-order valence-electron chi connectivity index (χ0n) is 39.6. The number of aromatic amines is 1. The first-order valence-corrected chi connectivity index (χ1v) is 26.1. The van der Waals surface area contributed by atoms with Gasteiger partial charge in [-0.2, -0.15) is 4.98 Å². The molecular formula is C52H62N8O8S. The Morgan fingerprint density at radius 1 is 0.971 bits per heavy atom. The van der Waals surface area contributed by atoms with Crippen molar-refractivity contribution in [2.45, 2.75) is 113 Å². The number of aromatic nitrogens is 2. The second-order valence-corrected chi connectivity index (χ2v) is 22.4. The SMILES string of the molecule is COC1(C)CCC(CNc2ccc(S(=O)(=O)NC(=O)c3ccc(N4CCC5(CC4)CC(N4CCC[C@H]4c4ccccc4C)C5)cc3N3c4cc5cc[nH]c5nc4O[C@@H]4COC[C@H]43)cc2[N+](=O)[O-])CC1. The lowest BCUT2D eigenvalue weighted by molar-refractivity contribution is -0.384. The molecule has 17 heteroatoms. The molecule has 1 spiro atoms. The third-order valence-corrected chi connectivity index (χ3v) is 17.9. The number of fused-ring (bicyclic) bond motifs is 3. The minimum Gasteiger partial charge on any atom is -0.468 e. The van der Waals surface area contributed by atoms with E-state index in [9.17, 15) is 23.3 Å². The van der Waals surface area contributed by atoms with E-state index in [0.717, 1.165) is 75.3 Å². The van der Waals surface area contributed by atoms with Crippen LogP contribution in [0, 0.1) is 28.4 Å². The van der Waals surface area contributed by atoms with Crippen LogP contribution in [0.25, 0.3) is 11.0 Å². The van der Waals surface area contributed by atoms with Crippen LogP contribution in [0.4, 0.5) is 28.4 Å². The maximum Gasteiger partial charge on any atom is 0.293 e. The molecular weight excluding hydrogens is 897 g/mol. The Morgan fingerprint density at radius 3 is 2.54 bits per heavy atom. The van der Waals surface area contributed by atoms with E-state index in [1.54, 1.807) is 13.2 Å². The molecule has 0 radical (unpaired) electrons. The van der Waals surface area contributed by atoms with Gasteiger partial charge in [0, 0.05) is 62.2 Å². The van der Waals surface area contributed by atoms with Crippen LogP contribution >= 0.6 is 0 Å². The molecule has 6 aliphatic rings. The van der Waals surface area contributed by atoms with E-state index in [2.05, 4.69) is 62.9 Å². The molecule has 3 atom stereocenters. The number of aryl methyl sites for hydroxylation is 1. The van der Waals surface area contributed by atoms with E-state index in [0.29, 0.717) is 60.2 Å². The highest BCUT2D eigenvalue weighted by Crippen LogP contribution is 2.54. The van der Waals surface area contributed by atoms with Gasteiger partial charge in [0.05, 0.1) is 45.9 Å². The summed E-state index contributed by atoms with van der Waals surface area (Å²) >= 11 is 0. The number of nitro benzene ring substituents is 1. The molecule has 2 aliphatic carbocycles. The fourth-order valence-electron chi connectivity index (χ4n) is 12.3. The first-order valence-electron chi connectivity index (χ1n) is 24.7. The van der Waals surface area contributed by atoms with Crippen LogP contribution in [0.3, 0.4) is 0 Å². The third kappa shape index (κ3) is 8.58. The zero-order chi connectivity index (χ0) is 47.7. The van der Waals surface area contributed by atoms with E-state index in [-0.39, 0.29) is 28.8 Å². The summed E-state index contributed by atoms with van der Waals surface area (Å²) in [6.45, 7) is 8.31. The summed E-state index contributed by atoms with van der Waals surface area (Å²) in [6, 6.07) is 22.7. The number of carbonyl (C=O) groups excluding carboxylic acids is 1. The summed E-state index contributed by atoms with van der Waals surface area (Å²) in [5.41, 5.74) is 5.60. The number of sulfonamides is 1. The van der Waals surface area contributed by atoms with Crippen molar-refractivity contribution in [1.82, 2.24) is 19.6 Å². The smallest absolute Gasteiger partial charge is 0.293 e. The van der Waals surface area contributed by atoms with Gasteiger partial charge in [0.1, 0.15) is 23.1 Å². The number of nitrogens with zero attached hydrogens (tertiary/aromatic N) is 5. The Morgan fingerprint density at radius 2 is 1.77 bits per heavy atom. The molecule has 11 rings (SSSR count). The summed E-state index contributed by atoms with van der Waals surface area (Å²) in [4.78, 5) is 41.2. The minimum atomic E-state index is -4.59. The lowest BCUT2D eigenvalue weighted by atomic mass is 9.59. The lowest BCUT2D eigenvalue weighted by Gasteiger charge is -2.56. The third-order valence-electron chi connectivity index (χ3n) is 16.6. The average molecular weight is 959 g/mol. The zero-order valence-corrected chi connectivity index (χ0v) is 40.4. The van der Waals surface area contributed by atoms with Crippen LogP contribution in [0.1, 0.15) is 98.7 Å². The molecule has 0 unspecified atom stereocenters. The van der Waals surface area contributed by atoms with E-state index in [1.165, 1.54) is 48.9 Å². The molecule has 69 heavy (non-hydrogen) atoms. The molecule has 4 aliphatic heterocycles. The number of nitrogens with one attached hydrogen (secondary N) is 3. The van der Waals surface area contributed by atoms with E-state index >= 15 is 0 Å². The van der Waals surface area contributed by atoms with Crippen LogP contribution in [0.2, 0.25) is 0 Å². The molecule has 3 aromatic carbocycles. The molecule has 364 valence electrons. The van der Waals surface area contributed by atoms with Crippen molar-refractivity contribution < 1.29 is 32.3 Å². The highest BCUT2D eigenvalue weighted by molar-refractivity contribution is 7.90. The van der Waals surface area contributed by atoms with Gasteiger partial charge in [-0.25, -0.2) is 13.1 Å². The number of H-pyrrole nitrogens is 1. The van der Waals surface area contributed by atoms with Gasteiger partial charge in [-0.05, 0) is 150 Å². The van der Waals surface area contributed by atoms with Gasteiger partial charge in [0.2, 0.25) is 5.88 Å². The maximum absolute atomic E-state index is 14.6. The molecule has 5 aromatic rings. The number of benzene rings is 3. The number of hydrogen-bond donors (Lipinski definition) is 3. The number of likely N-dealkylation sites (tertiary alicyclic amines) is 1. The maximum atomic E-state index is 14.6. The van der Waals surface area contributed by atoms with E-state index in [4.69, 9.17) is 19.2 Å². The number of methoxy groups -OCH3 is 1. The topological polar surface area (TPSA) is 184 Å². The summed E-state index contributed by atoms with van der Waals surface area (Å²) in [7, 11) is -2.87. The molecule has 6 heterocycles. The van der Waals surface area contributed by atoms with Gasteiger partial charge in [-0.15, -0.1) is 0 Å². The second-order valence-electron chi connectivity index (χ2n) is 20.7. The van der Waals surface area contributed by atoms with Crippen molar-refractivity contribution in [1.29, 1.82) is 0 Å². The summed E-state index contributed by atoms with van der Waals surface area (Å²) in [5.74, 6) is -0.212. The molecule has 2 saturated carbocycles. The summed E-state index contributed by atoms with van der Waals surface area (Å²) < 4.78 is 48.6. The van der Waals surface area contributed by atoms with Gasteiger partial charge in [0.15, 0.2) is 0 Å². The van der Waals surface area contributed by atoms with Crippen LogP contribution < -0.4 is 24.6 Å². The van der Waals surface area contributed by atoms with Crippen molar-refractivity contribution in [2.75, 3.05) is 61.6 Å². The Kier molecular flexibility index (Phi) is 11.8. The lowest BCUT2D eigenvalue weighted by Crippen LogP contribution is -2.55. The van der Waals surface area contributed by atoms with Gasteiger partial charge in [0.25, 0.3) is 21.6 Å². The van der Waals surface area contributed by atoms with Crippen molar-refractivity contribution in [2.24, 2.45) is 11.3 Å². The Hall–Kier alpha value is -5.75. The highest BCUT2D eigenvalue weighted by atomic mass is 32.2. The van der Waals surface area contributed by atoms with Crippen LogP contribution in [0.5, 0.6) is 5.88 Å². The second kappa shape index (κ2) is 17.9. The highest BCUT2D eigenvalue weighted by Gasteiger charge is 2.50. The predicted octanol–water partition coefficient (Wildman–Crippen LogP) is 8.79. The number of nitro groups is 1. The van der Waals surface area contributed by atoms with Crippen LogP contribution in [-0.4, -0.2) is 104 Å². The number of carbonyl (C=O) groups is 1. The number of hydrogen-bond acceptors (Lipinski definition) is 13. The van der Waals surface area contributed by atoms with Crippen LogP contribution in [0.15, 0.2) is 83.9 Å². The first kappa shape index (κ1) is 45.7. The summed E-state index contributed by atoms with van der Waals surface area (Å²) in [6.07, 6.45) is 11.9. The molecule has 3 saturated heterocycles. The first-order chi connectivity index (χ1) is 33.3. The standard InChI is InChI=1S/C52H62N8O8S/c1-33-7-4-5-8-39(33)42-9-6-22-58(42)37-28-52(29-37)19-23-57(24-20-52)36-10-12-40(43(26-36)59-45-25-35-16-21-53-48(35)55-50(45)68-47-32-67-31-46(47)59)49(61)56-69(64,65)38-11-13-41(44(27-38)60(62)63)54-30-34-14-17-51(2,66-3)18-15-34/h4-5,7-8,10-13,16,21,25-27,34,37,42,46-47,54H,6,9,14-15,17-20,22-24,28-32H2,1-3H3,(H,53,55)(H,56,61)/t34?,42-,46+,47+,51?/m0/s1. The normalized spacial score (nSPS) is 25.8. The number of ether oxygens (including phenoxy) is 3. The molecule has 1 amide bonds. The van der Waals surface area contributed by atoms with Crippen molar-refractivity contribution >= 4 is 55.4 Å².